The van der Waals surface area contributed by atoms with E-state index in [0.29, 0.717) is 6.42 Å². The Morgan fingerprint density at radius 1 is 0.742 bits per heavy atom. The molecular weight excluding hydrogens is 447 g/mol. The molecule has 0 saturated carbocycles. The number of aliphatic carboxylic acids is 1. The summed E-state index contributed by atoms with van der Waals surface area (Å²) in [5, 5.41) is 6.57. The number of carbonyl (C=O) groups excluding carboxylic acids is 1. The van der Waals surface area contributed by atoms with Crippen LogP contribution in [0.25, 0.3) is 0 Å². The molecule has 0 aromatic rings. The molecule has 0 fully saturated rings. The predicted molar refractivity (Wildman–Crippen MR) is 125 cm³/mol. The van der Waals surface area contributed by atoms with E-state index >= 15 is 0 Å². The summed E-state index contributed by atoms with van der Waals surface area (Å²) in [6.45, 7) is 2.27. The SMILES string of the molecule is CCCCCCCCCCCCCCCCCCOC(=O)C(CC(=O)O)S(=O)(=O)O.[KH]. The van der Waals surface area contributed by atoms with Crippen molar-refractivity contribution in [3.63, 3.8) is 0 Å². The van der Waals surface area contributed by atoms with Crippen molar-refractivity contribution >= 4 is 73.4 Å². The van der Waals surface area contributed by atoms with Gasteiger partial charge >= 0.3 is 63.3 Å². The Kier molecular flexibility index (Phi) is 24.2. The van der Waals surface area contributed by atoms with E-state index < -0.39 is 33.7 Å². The summed E-state index contributed by atoms with van der Waals surface area (Å²) in [6, 6.07) is 0. The van der Waals surface area contributed by atoms with E-state index in [1.807, 2.05) is 0 Å². The number of carboxylic acid groups (broad SMARTS) is 1. The van der Waals surface area contributed by atoms with E-state index in [-0.39, 0.29) is 58.0 Å². The van der Waals surface area contributed by atoms with Crippen molar-refractivity contribution in [1.29, 1.82) is 0 Å². The summed E-state index contributed by atoms with van der Waals surface area (Å²) < 4.78 is 35.9. The molecule has 0 aromatic carbocycles. The quantitative estimate of drug-likeness (QED) is 0.102. The Hall–Kier alpha value is 0.486. The second-order valence-electron chi connectivity index (χ2n) is 8.07. The van der Waals surface area contributed by atoms with Crippen LogP contribution in [0, 0.1) is 0 Å². The van der Waals surface area contributed by atoms with Gasteiger partial charge in [0, 0.05) is 0 Å². The fourth-order valence-electron chi connectivity index (χ4n) is 3.38. The zero-order valence-electron chi connectivity index (χ0n) is 18.6. The van der Waals surface area contributed by atoms with E-state index in [9.17, 15) is 18.0 Å². The van der Waals surface area contributed by atoms with Crippen LogP contribution in [0.4, 0.5) is 0 Å². The average Bonchev–Trinajstić information content (AvgIpc) is 2.67. The minimum atomic E-state index is -4.79. The fourth-order valence-corrected chi connectivity index (χ4v) is 4.05. The third-order valence-electron chi connectivity index (χ3n) is 5.22. The van der Waals surface area contributed by atoms with Gasteiger partial charge in [0.1, 0.15) is 0 Å². The van der Waals surface area contributed by atoms with E-state index in [0.717, 1.165) is 19.3 Å². The van der Waals surface area contributed by atoms with E-state index in [1.165, 1.54) is 77.0 Å². The van der Waals surface area contributed by atoms with Gasteiger partial charge in [-0.15, -0.1) is 0 Å². The van der Waals surface area contributed by atoms with Crippen molar-refractivity contribution in [2.24, 2.45) is 0 Å². The van der Waals surface area contributed by atoms with E-state index in [4.69, 9.17) is 14.4 Å². The molecule has 0 bridgehead atoms. The van der Waals surface area contributed by atoms with Crippen molar-refractivity contribution < 1.29 is 32.4 Å². The zero-order chi connectivity index (χ0) is 22.7. The summed E-state index contributed by atoms with van der Waals surface area (Å²) in [4.78, 5) is 22.3. The first kappa shape index (κ1) is 33.7. The van der Waals surface area contributed by atoms with Crippen LogP contribution < -0.4 is 0 Å². The number of unbranched alkanes of at least 4 members (excludes halogenated alkanes) is 15. The molecule has 0 spiro atoms. The predicted octanol–water partition coefficient (Wildman–Crippen LogP) is 4.87. The third-order valence-corrected chi connectivity index (χ3v) is 6.30. The van der Waals surface area contributed by atoms with Crippen molar-refractivity contribution in [2.75, 3.05) is 6.61 Å². The number of hydrogen-bond acceptors (Lipinski definition) is 5. The van der Waals surface area contributed by atoms with Crippen molar-refractivity contribution in [2.45, 2.75) is 121 Å². The Balaban J connectivity index is 0. The van der Waals surface area contributed by atoms with Crippen LogP contribution in [-0.4, -0.2) is 93.3 Å². The molecule has 1 unspecified atom stereocenters. The van der Waals surface area contributed by atoms with Gasteiger partial charge in [0.15, 0.2) is 5.25 Å². The molecule has 0 aliphatic rings. The minimum absolute atomic E-state index is 0. The molecule has 0 rings (SSSR count). The molecule has 0 aromatic heterocycles. The second-order valence-corrected chi connectivity index (χ2v) is 9.67. The molecule has 180 valence electrons. The number of rotatable bonds is 21. The molecular formula is C22H43KO7S. The zero-order valence-corrected chi connectivity index (χ0v) is 19.5. The number of hydrogen-bond donors (Lipinski definition) is 2. The molecule has 0 aliphatic carbocycles. The number of carbonyl (C=O) groups is 2. The Morgan fingerprint density at radius 3 is 1.42 bits per heavy atom. The summed E-state index contributed by atoms with van der Waals surface area (Å²) in [5.74, 6) is -2.70. The Bertz CT molecular complexity index is 552. The summed E-state index contributed by atoms with van der Waals surface area (Å²) in [6.07, 6.45) is 18.5. The molecule has 1 atom stereocenters. The molecule has 9 heteroatoms. The first-order chi connectivity index (χ1) is 14.3. The molecule has 2 N–H and O–H groups in total. The molecule has 0 heterocycles. The summed E-state index contributed by atoms with van der Waals surface area (Å²) in [7, 11) is -4.79. The first-order valence-electron chi connectivity index (χ1n) is 11.6. The van der Waals surface area contributed by atoms with Crippen molar-refractivity contribution in [3.8, 4) is 0 Å². The van der Waals surface area contributed by atoms with Crippen molar-refractivity contribution in [1.82, 2.24) is 0 Å². The number of esters is 1. The first-order valence-corrected chi connectivity index (χ1v) is 13.1. The van der Waals surface area contributed by atoms with Gasteiger partial charge < -0.3 is 9.84 Å². The van der Waals surface area contributed by atoms with Crippen LogP contribution in [0.5, 0.6) is 0 Å². The third kappa shape index (κ3) is 22.1. The monoisotopic (exact) mass is 490 g/mol. The molecule has 0 radical (unpaired) electrons. The summed E-state index contributed by atoms with van der Waals surface area (Å²) in [5.41, 5.74) is 0. The Morgan fingerprint density at radius 2 is 1.10 bits per heavy atom. The van der Waals surface area contributed by atoms with Gasteiger partial charge in [-0.25, -0.2) is 0 Å². The second kappa shape index (κ2) is 22.3. The van der Waals surface area contributed by atoms with Crippen molar-refractivity contribution in [3.05, 3.63) is 0 Å². The van der Waals surface area contributed by atoms with Crippen LogP contribution in [0.2, 0.25) is 0 Å². The average molecular weight is 491 g/mol. The Labute approximate surface area is 231 Å². The van der Waals surface area contributed by atoms with Gasteiger partial charge in [0.25, 0.3) is 10.1 Å². The van der Waals surface area contributed by atoms with Gasteiger partial charge in [-0.05, 0) is 6.42 Å². The number of carboxylic acids is 1. The van der Waals surface area contributed by atoms with Gasteiger partial charge in [-0.2, -0.15) is 8.42 Å². The van der Waals surface area contributed by atoms with Gasteiger partial charge in [-0.3, -0.25) is 14.1 Å². The van der Waals surface area contributed by atoms with Gasteiger partial charge in [-0.1, -0.05) is 103 Å². The molecule has 0 amide bonds. The van der Waals surface area contributed by atoms with Crippen LogP contribution in [-0.2, 0) is 24.4 Å². The number of ether oxygens (including phenoxy) is 1. The molecule has 0 saturated heterocycles. The molecule has 31 heavy (non-hydrogen) atoms. The van der Waals surface area contributed by atoms with Crippen LogP contribution in [0.1, 0.15) is 116 Å². The maximum absolute atomic E-state index is 11.7. The van der Waals surface area contributed by atoms with Crippen LogP contribution in [0.3, 0.4) is 0 Å². The van der Waals surface area contributed by atoms with E-state index in [2.05, 4.69) is 6.92 Å². The van der Waals surface area contributed by atoms with Crippen LogP contribution >= 0.6 is 0 Å². The topological polar surface area (TPSA) is 118 Å². The molecule has 7 nitrogen and oxygen atoms in total. The van der Waals surface area contributed by atoms with Crippen LogP contribution in [0.15, 0.2) is 0 Å². The van der Waals surface area contributed by atoms with E-state index in [1.54, 1.807) is 0 Å². The summed E-state index contributed by atoms with van der Waals surface area (Å²) >= 11 is 0. The molecule has 0 aliphatic heterocycles. The van der Waals surface area contributed by atoms with Gasteiger partial charge in [0.2, 0.25) is 0 Å². The normalized spacial score (nSPS) is 12.2. The standard InChI is InChI=1S/C22H42O7S.K.H/c1-2-3-4-5-6-7-8-9-10-11-12-13-14-15-16-17-18-29-22(25)20(19-21(23)24)30(26,27)28;;/h20H,2-19H2,1H3,(H,23,24)(H,26,27,28);;. The van der Waals surface area contributed by atoms with Gasteiger partial charge in [0.05, 0.1) is 13.0 Å². The maximum atomic E-state index is 11.7. The fraction of sp³-hybridized carbons (Fsp3) is 0.909.